The fourth-order valence-corrected chi connectivity index (χ4v) is 2.28. The lowest BCUT2D eigenvalue weighted by atomic mass is 10.0. The predicted molar refractivity (Wildman–Crippen MR) is 84.4 cm³/mol. The summed E-state index contributed by atoms with van der Waals surface area (Å²) in [5.74, 6) is -0.313. The highest BCUT2D eigenvalue weighted by Crippen LogP contribution is 2.20. The van der Waals surface area contributed by atoms with Gasteiger partial charge in [-0.2, -0.15) is 0 Å². The molecule has 0 N–H and O–H groups in total. The zero-order chi connectivity index (χ0) is 15.2. The summed E-state index contributed by atoms with van der Waals surface area (Å²) in [4.78, 5) is 16.3. The standard InChI is InChI=1S/C18H21NO2/c1-4-6-14-7-9-15(10-8-14)17-12-11-16(13(3)19-17)18(20)21-5-2/h7-12H,4-6H2,1-3H3. The average Bonchev–Trinajstić information content (AvgIpc) is 2.48. The summed E-state index contributed by atoms with van der Waals surface area (Å²) < 4.78 is 5.02. The van der Waals surface area contributed by atoms with E-state index in [0.29, 0.717) is 17.9 Å². The summed E-state index contributed by atoms with van der Waals surface area (Å²) in [7, 11) is 0. The van der Waals surface area contributed by atoms with E-state index in [1.165, 1.54) is 5.56 Å². The summed E-state index contributed by atoms with van der Waals surface area (Å²) in [5.41, 5.74) is 4.50. The normalized spacial score (nSPS) is 10.4. The lowest BCUT2D eigenvalue weighted by Gasteiger charge is -2.08. The van der Waals surface area contributed by atoms with E-state index in [4.69, 9.17) is 4.74 Å². The van der Waals surface area contributed by atoms with E-state index in [1.807, 2.05) is 13.0 Å². The highest BCUT2D eigenvalue weighted by atomic mass is 16.5. The van der Waals surface area contributed by atoms with Crippen molar-refractivity contribution in [2.75, 3.05) is 6.61 Å². The number of ether oxygens (including phenoxy) is 1. The number of benzene rings is 1. The first-order valence-electron chi connectivity index (χ1n) is 7.39. The van der Waals surface area contributed by atoms with Gasteiger partial charge < -0.3 is 4.74 Å². The van der Waals surface area contributed by atoms with Gasteiger partial charge in [0.15, 0.2) is 0 Å². The second-order valence-corrected chi connectivity index (χ2v) is 5.00. The number of nitrogens with zero attached hydrogens (tertiary/aromatic N) is 1. The van der Waals surface area contributed by atoms with Crippen molar-refractivity contribution in [2.45, 2.75) is 33.6 Å². The maximum Gasteiger partial charge on any atom is 0.339 e. The number of carbonyl (C=O) groups is 1. The fourth-order valence-electron chi connectivity index (χ4n) is 2.28. The molecule has 0 saturated heterocycles. The predicted octanol–water partition coefficient (Wildman–Crippen LogP) is 4.19. The Balaban J connectivity index is 2.25. The Kier molecular flexibility index (Phi) is 5.09. The second kappa shape index (κ2) is 7.02. The number of rotatable bonds is 5. The molecule has 3 heteroatoms. The molecule has 0 radical (unpaired) electrons. The van der Waals surface area contributed by atoms with E-state index in [-0.39, 0.29) is 5.97 Å². The molecule has 0 aliphatic rings. The molecule has 1 heterocycles. The van der Waals surface area contributed by atoms with Gasteiger partial charge in [0.05, 0.1) is 23.6 Å². The summed E-state index contributed by atoms with van der Waals surface area (Å²) >= 11 is 0. The molecule has 0 spiro atoms. The van der Waals surface area contributed by atoms with Crippen LogP contribution in [0.5, 0.6) is 0 Å². The third-order valence-corrected chi connectivity index (χ3v) is 3.37. The van der Waals surface area contributed by atoms with Crippen LogP contribution >= 0.6 is 0 Å². The van der Waals surface area contributed by atoms with Crippen molar-refractivity contribution in [3.05, 3.63) is 53.2 Å². The van der Waals surface area contributed by atoms with Crippen LogP contribution in [-0.4, -0.2) is 17.6 Å². The third-order valence-electron chi connectivity index (χ3n) is 3.37. The van der Waals surface area contributed by atoms with E-state index < -0.39 is 0 Å². The van der Waals surface area contributed by atoms with Crippen LogP contribution in [0.15, 0.2) is 36.4 Å². The SMILES string of the molecule is CCCc1ccc(-c2ccc(C(=O)OCC)c(C)n2)cc1. The molecule has 0 unspecified atom stereocenters. The van der Waals surface area contributed by atoms with Crippen LogP contribution in [0.25, 0.3) is 11.3 Å². The Morgan fingerprint density at radius 2 is 1.81 bits per heavy atom. The monoisotopic (exact) mass is 283 g/mol. The third kappa shape index (κ3) is 3.69. The quantitative estimate of drug-likeness (QED) is 0.772. The number of aryl methyl sites for hydroxylation is 2. The van der Waals surface area contributed by atoms with Gasteiger partial charge in [-0.3, -0.25) is 4.98 Å². The molecule has 0 aliphatic carbocycles. The zero-order valence-corrected chi connectivity index (χ0v) is 12.8. The van der Waals surface area contributed by atoms with Gasteiger partial charge in [-0.15, -0.1) is 0 Å². The first-order valence-corrected chi connectivity index (χ1v) is 7.39. The van der Waals surface area contributed by atoms with Gasteiger partial charge in [-0.05, 0) is 38.0 Å². The molecule has 110 valence electrons. The number of hydrogen-bond acceptors (Lipinski definition) is 3. The maximum atomic E-state index is 11.8. The Hall–Kier alpha value is -2.16. The smallest absolute Gasteiger partial charge is 0.339 e. The lowest BCUT2D eigenvalue weighted by molar-refractivity contribution is 0.0525. The Labute approximate surface area is 126 Å². The highest BCUT2D eigenvalue weighted by molar-refractivity contribution is 5.90. The van der Waals surface area contributed by atoms with Gasteiger partial charge in [-0.1, -0.05) is 37.6 Å². The van der Waals surface area contributed by atoms with Crippen LogP contribution < -0.4 is 0 Å². The van der Waals surface area contributed by atoms with Crippen molar-refractivity contribution < 1.29 is 9.53 Å². The maximum absolute atomic E-state index is 11.8. The van der Waals surface area contributed by atoms with Gasteiger partial charge >= 0.3 is 5.97 Å². The van der Waals surface area contributed by atoms with E-state index in [0.717, 1.165) is 24.1 Å². The molecule has 0 aliphatic heterocycles. The fraction of sp³-hybridized carbons (Fsp3) is 0.333. The average molecular weight is 283 g/mol. The minimum absolute atomic E-state index is 0.313. The number of pyridine rings is 1. The number of hydrogen-bond donors (Lipinski definition) is 0. The van der Waals surface area contributed by atoms with Gasteiger partial charge in [0, 0.05) is 5.56 Å². The highest BCUT2D eigenvalue weighted by Gasteiger charge is 2.12. The van der Waals surface area contributed by atoms with Crippen LogP contribution in [0.3, 0.4) is 0 Å². The number of aromatic nitrogens is 1. The summed E-state index contributed by atoms with van der Waals surface area (Å²) in [6, 6.07) is 12.1. The molecule has 1 aromatic heterocycles. The molecule has 3 nitrogen and oxygen atoms in total. The van der Waals surface area contributed by atoms with Crippen molar-refractivity contribution in [3.8, 4) is 11.3 Å². The van der Waals surface area contributed by atoms with Gasteiger partial charge in [0.2, 0.25) is 0 Å². The van der Waals surface area contributed by atoms with Crippen molar-refractivity contribution in [1.29, 1.82) is 0 Å². The second-order valence-electron chi connectivity index (χ2n) is 5.00. The molecule has 21 heavy (non-hydrogen) atoms. The van der Waals surface area contributed by atoms with Crippen LogP contribution in [0.1, 0.15) is 41.9 Å². The van der Waals surface area contributed by atoms with Crippen molar-refractivity contribution in [3.63, 3.8) is 0 Å². The van der Waals surface area contributed by atoms with Crippen molar-refractivity contribution >= 4 is 5.97 Å². The van der Waals surface area contributed by atoms with Crippen LogP contribution in [0, 0.1) is 6.92 Å². The van der Waals surface area contributed by atoms with E-state index in [2.05, 4.69) is 36.2 Å². The topological polar surface area (TPSA) is 39.2 Å². The first kappa shape index (κ1) is 15.2. The molecule has 2 aromatic rings. The molecular weight excluding hydrogens is 262 g/mol. The Morgan fingerprint density at radius 3 is 2.38 bits per heavy atom. The summed E-state index contributed by atoms with van der Waals surface area (Å²) in [6.45, 7) is 6.18. The Morgan fingerprint density at radius 1 is 1.10 bits per heavy atom. The molecule has 0 saturated carbocycles. The van der Waals surface area contributed by atoms with Crippen LogP contribution in [0.4, 0.5) is 0 Å². The molecule has 1 aromatic carbocycles. The van der Waals surface area contributed by atoms with Crippen LogP contribution in [0.2, 0.25) is 0 Å². The van der Waals surface area contributed by atoms with Gasteiger partial charge in [-0.25, -0.2) is 4.79 Å². The molecule has 0 bridgehead atoms. The summed E-state index contributed by atoms with van der Waals surface area (Å²) in [6.07, 6.45) is 2.24. The summed E-state index contributed by atoms with van der Waals surface area (Å²) in [5, 5.41) is 0. The molecule has 0 fully saturated rings. The van der Waals surface area contributed by atoms with E-state index in [1.54, 1.807) is 13.0 Å². The molecule has 0 atom stereocenters. The Bertz CT molecular complexity index is 618. The zero-order valence-electron chi connectivity index (χ0n) is 12.8. The first-order chi connectivity index (χ1) is 10.2. The van der Waals surface area contributed by atoms with Gasteiger partial charge in [0.1, 0.15) is 0 Å². The van der Waals surface area contributed by atoms with Gasteiger partial charge in [0.25, 0.3) is 0 Å². The van der Waals surface area contributed by atoms with Crippen molar-refractivity contribution in [2.24, 2.45) is 0 Å². The number of carbonyl (C=O) groups excluding carboxylic acids is 1. The van der Waals surface area contributed by atoms with Crippen LogP contribution in [-0.2, 0) is 11.2 Å². The number of esters is 1. The molecular formula is C18H21NO2. The molecule has 0 amide bonds. The van der Waals surface area contributed by atoms with E-state index >= 15 is 0 Å². The lowest BCUT2D eigenvalue weighted by Crippen LogP contribution is -2.08. The largest absolute Gasteiger partial charge is 0.462 e. The molecule has 2 rings (SSSR count). The minimum Gasteiger partial charge on any atom is -0.462 e. The van der Waals surface area contributed by atoms with Crippen molar-refractivity contribution in [1.82, 2.24) is 4.98 Å². The van der Waals surface area contributed by atoms with E-state index in [9.17, 15) is 4.79 Å². The minimum atomic E-state index is -0.313.